The van der Waals surface area contributed by atoms with Crippen LogP contribution >= 0.6 is 27.7 Å². The topological polar surface area (TPSA) is 71.3 Å². The summed E-state index contributed by atoms with van der Waals surface area (Å²) >= 11 is 5.10. The van der Waals surface area contributed by atoms with Crippen LogP contribution in [0.2, 0.25) is 0 Å². The third-order valence-electron chi connectivity index (χ3n) is 5.15. The van der Waals surface area contributed by atoms with Crippen LogP contribution in [0.1, 0.15) is 18.7 Å². The first-order valence-corrected chi connectivity index (χ1v) is 11.9. The van der Waals surface area contributed by atoms with Crippen molar-refractivity contribution >= 4 is 39.3 Å². The molecule has 0 bridgehead atoms. The van der Waals surface area contributed by atoms with Crippen LogP contribution in [0.15, 0.2) is 62.4 Å². The van der Waals surface area contributed by atoms with E-state index in [2.05, 4.69) is 36.3 Å². The van der Waals surface area contributed by atoms with Gasteiger partial charge in [-0.1, -0.05) is 45.4 Å². The predicted molar refractivity (Wildman–Crippen MR) is 122 cm³/mol. The van der Waals surface area contributed by atoms with Crippen LogP contribution in [-0.2, 0) is 11.3 Å². The largest absolute Gasteiger partial charge is 0.338 e. The second-order valence-corrected chi connectivity index (χ2v) is 9.05. The van der Waals surface area contributed by atoms with Crippen molar-refractivity contribution in [3.05, 3.63) is 58.9 Å². The monoisotopic (exact) mass is 486 g/mol. The number of halogens is 1. The minimum absolute atomic E-state index is 0.0545. The molecule has 6 nitrogen and oxygen atoms in total. The van der Waals surface area contributed by atoms with Gasteiger partial charge in [0.25, 0.3) is 0 Å². The van der Waals surface area contributed by atoms with Gasteiger partial charge in [-0.2, -0.15) is 4.98 Å². The molecule has 1 N–H and O–H groups in total. The van der Waals surface area contributed by atoms with Crippen molar-refractivity contribution < 1.29 is 9.32 Å². The highest BCUT2D eigenvalue weighted by Gasteiger charge is 2.27. The molecule has 4 rings (SSSR count). The third-order valence-corrected chi connectivity index (χ3v) is 6.44. The van der Waals surface area contributed by atoms with Crippen molar-refractivity contribution in [1.29, 1.82) is 0 Å². The van der Waals surface area contributed by atoms with Crippen LogP contribution in [0, 0.1) is 5.92 Å². The van der Waals surface area contributed by atoms with Gasteiger partial charge in [-0.15, -0.1) is 11.8 Å². The number of para-hydroxylation sites is 1. The second kappa shape index (κ2) is 9.76. The Kier molecular flexibility index (Phi) is 6.86. The van der Waals surface area contributed by atoms with Crippen LogP contribution in [0.3, 0.4) is 0 Å². The van der Waals surface area contributed by atoms with Crippen LogP contribution in [0.5, 0.6) is 0 Å². The molecule has 1 amide bonds. The minimum Gasteiger partial charge on any atom is -0.338 e. The molecule has 1 saturated heterocycles. The number of carbonyl (C=O) groups excluding carboxylic acids is 1. The van der Waals surface area contributed by atoms with Crippen LogP contribution < -0.4 is 5.32 Å². The van der Waals surface area contributed by atoms with E-state index in [9.17, 15) is 4.79 Å². The lowest BCUT2D eigenvalue weighted by Crippen LogP contribution is -2.40. The fourth-order valence-corrected chi connectivity index (χ4v) is 4.60. The first-order chi connectivity index (χ1) is 14.6. The Balaban J connectivity index is 1.38. The van der Waals surface area contributed by atoms with Gasteiger partial charge in [-0.3, -0.25) is 9.69 Å². The summed E-state index contributed by atoms with van der Waals surface area (Å²) in [5.41, 5.74) is 1.78. The van der Waals surface area contributed by atoms with E-state index in [-0.39, 0.29) is 11.8 Å². The lowest BCUT2D eigenvalue weighted by Gasteiger charge is -2.31. The van der Waals surface area contributed by atoms with Crippen molar-refractivity contribution in [2.45, 2.75) is 24.3 Å². The summed E-state index contributed by atoms with van der Waals surface area (Å²) in [6.07, 6.45) is 3.87. The summed E-state index contributed by atoms with van der Waals surface area (Å²) in [7, 11) is 0. The zero-order valence-corrected chi connectivity index (χ0v) is 19.1. The number of piperidine rings is 1. The van der Waals surface area contributed by atoms with Gasteiger partial charge in [0.15, 0.2) is 0 Å². The van der Waals surface area contributed by atoms with Gasteiger partial charge in [0.1, 0.15) is 0 Å². The maximum Gasteiger partial charge on any atom is 0.241 e. The SMILES string of the molecule is CSc1ccccc1NC(=O)C1CCCN(Cc2nc(-c3cccc(Br)c3)no2)C1. The highest BCUT2D eigenvalue weighted by Crippen LogP contribution is 2.27. The van der Waals surface area contributed by atoms with Gasteiger partial charge in [-0.05, 0) is 49.9 Å². The molecule has 0 spiro atoms. The number of nitrogens with zero attached hydrogens (tertiary/aromatic N) is 3. The van der Waals surface area contributed by atoms with E-state index in [0.717, 1.165) is 40.0 Å². The third kappa shape index (κ3) is 5.11. The van der Waals surface area contributed by atoms with Crippen LogP contribution in [-0.4, -0.2) is 40.3 Å². The number of hydrogen-bond acceptors (Lipinski definition) is 6. The molecule has 30 heavy (non-hydrogen) atoms. The van der Waals surface area contributed by atoms with Crippen LogP contribution in [0.25, 0.3) is 11.4 Å². The van der Waals surface area contributed by atoms with Crippen molar-refractivity contribution in [3.8, 4) is 11.4 Å². The van der Waals surface area contributed by atoms with Gasteiger partial charge in [-0.25, -0.2) is 0 Å². The van der Waals surface area contributed by atoms with Crippen molar-refractivity contribution in [2.75, 3.05) is 24.7 Å². The Morgan fingerprint density at radius 2 is 2.17 bits per heavy atom. The molecule has 0 aliphatic carbocycles. The molecule has 156 valence electrons. The average molecular weight is 487 g/mol. The van der Waals surface area contributed by atoms with E-state index in [1.54, 1.807) is 11.8 Å². The Morgan fingerprint density at radius 3 is 3.00 bits per heavy atom. The molecule has 3 aromatic rings. The number of nitrogens with one attached hydrogen (secondary N) is 1. The Morgan fingerprint density at radius 1 is 1.30 bits per heavy atom. The zero-order valence-electron chi connectivity index (χ0n) is 16.7. The Labute approximate surface area is 188 Å². The summed E-state index contributed by atoms with van der Waals surface area (Å²) < 4.78 is 6.43. The molecule has 1 aliphatic rings. The number of rotatable bonds is 6. The molecule has 2 aromatic carbocycles. The maximum absolute atomic E-state index is 12.9. The first kappa shape index (κ1) is 21.1. The normalized spacial score (nSPS) is 17.1. The van der Waals surface area contributed by atoms with E-state index < -0.39 is 0 Å². The first-order valence-electron chi connectivity index (χ1n) is 9.87. The highest BCUT2D eigenvalue weighted by molar-refractivity contribution is 9.10. The highest BCUT2D eigenvalue weighted by atomic mass is 79.9. The Bertz CT molecular complexity index is 1030. The standard InChI is InChI=1S/C22H23BrN4O2S/c1-30-19-10-3-2-9-18(19)24-22(28)16-7-5-11-27(13-16)14-20-25-21(26-29-20)15-6-4-8-17(23)12-15/h2-4,6,8-10,12,16H,5,7,11,13-14H2,1H3,(H,24,28). The molecule has 0 saturated carbocycles. The van der Waals surface area contributed by atoms with E-state index >= 15 is 0 Å². The summed E-state index contributed by atoms with van der Waals surface area (Å²) in [6, 6.07) is 15.7. The lowest BCUT2D eigenvalue weighted by atomic mass is 9.97. The van der Waals surface area contributed by atoms with Gasteiger partial charge in [0.05, 0.1) is 18.2 Å². The lowest BCUT2D eigenvalue weighted by molar-refractivity contribution is -0.121. The molecular formula is C22H23BrN4O2S. The number of amides is 1. The summed E-state index contributed by atoms with van der Waals surface area (Å²) in [4.78, 5) is 20.7. The van der Waals surface area contributed by atoms with Gasteiger partial charge >= 0.3 is 0 Å². The molecule has 8 heteroatoms. The fraction of sp³-hybridized carbons (Fsp3) is 0.318. The molecule has 0 radical (unpaired) electrons. The maximum atomic E-state index is 12.9. The predicted octanol–water partition coefficient (Wildman–Crippen LogP) is 5.07. The molecule has 1 aliphatic heterocycles. The van der Waals surface area contributed by atoms with Crippen molar-refractivity contribution in [2.24, 2.45) is 5.92 Å². The number of anilines is 1. The zero-order chi connectivity index (χ0) is 20.9. The number of likely N-dealkylation sites (tertiary alicyclic amines) is 1. The molecule has 1 fully saturated rings. The molecule has 1 atom stereocenters. The second-order valence-electron chi connectivity index (χ2n) is 7.29. The van der Waals surface area contributed by atoms with E-state index in [0.29, 0.717) is 24.8 Å². The van der Waals surface area contributed by atoms with Gasteiger partial charge in [0, 0.05) is 21.5 Å². The van der Waals surface area contributed by atoms with Crippen LogP contribution in [0.4, 0.5) is 5.69 Å². The quantitative estimate of drug-likeness (QED) is 0.490. The van der Waals surface area contributed by atoms with E-state index in [4.69, 9.17) is 4.52 Å². The Hall–Kier alpha value is -2.16. The fourth-order valence-electron chi connectivity index (χ4n) is 3.65. The average Bonchev–Trinajstić information content (AvgIpc) is 3.23. The summed E-state index contributed by atoms with van der Waals surface area (Å²) in [6.45, 7) is 2.15. The number of benzene rings is 2. The van der Waals surface area contributed by atoms with E-state index in [1.165, 1.54) is 0 Å². The van der Waals surface area contributed by atoms with Crippen molar-refractivity contribution in [1.82, 2.24) is 15.0 Å². The van der Waals surface area contributed by atoms with Gasteiger partial charge in [0.2, 0.25) is 17.6 Å². The van der Waals surface area contributed by atoms with E-state index in [1.807, 2.05) is 54.8 Å². The molecule has 1 aromatic heterocycles. The smallest absolute Gasteiger partial charge is 0.241 e. The molecule has 1 unspecified atom stereocenters. The molecular weight excluding hydrogens is 464 g/mol. The summed E-state index contributed by atoms with van der Waals surface area (Å²) in [5.74, 6) is 1.16. The van der Waals surface area contributed by atoms with Crippen molar-refractivity contribution in [3.63, 3.8) is 0 Å². The number of aromatic nitrogens is 2. The number of thioether (sulfide) groups is 1. The number of carbonyl (C=O) groups is 1. The number of hydrogen-bond donors (Lipinski definition) is 1. The molecule has 2 heterocycles. The minimum atomic E-state index is -0.0545. The van der Waals surface area contributed by atoms with Gasteiger partial charge < -0.3 is 9.84 Å². The summed E-state index contributed by atoms with van der Waals surface area (Å²) in [5, 5.41) is 7.21.